The molecule has 2 N–H and O–H groups in total. The lowest BCUT2D eigenvalue weighted by Crippen LogP contribution is -2.40. The van der Waals surface area contributed by atoms with E-state index in [1.54, 1.807) is 6.07 Å². The number of benzene rings is 1. The minimum atomic E-state index is -1.32. The van der Waals surface area contributed by atoms with Crippen molar-refractivity contribution in [1.82, 2.24) is 5.32 Å². The molecule has 18 heavy (non-hydrogen) atoms. The highest BCUT2D eigenvalue weighted by Crippen LogP contribution is 2.27. The van der Waals surface area contributed by atoms with Gasteiger partial charge < -0.3 is 10.4 Å². The number of nitrogens with one attached hydrogen (secondary N) is 1. The molecular weight excluding hydrogens is 237 g/mol. The monoisotopic (exact) mass is 251 g/mol. The van der Waals surface area contributed by atoms with Crippen molar-refractivity contribution in [2.24, 2.45) is 5.92 Å². The lowest BCUT2D eigenvalue weighted by atomic mass is 9.84. The van der Waals surface area contributed by atoms with Crippen molar-refractivity contribution in [2.45, 2.75) is 25.3 Å². The third-order valence-electron chi connectivity index (χ3n) is 3.23. The first-order chi connectivity index (χ1) is 8.59. The molecule has 0 radical (unpaired) electrons. The van der Waals surface area contributed by atoms with Crippen LogP contribution >= 0.6 is 0 Å². The van der Waals surface area contributed by atoms with Crippen LogP contribution < -0.4 is 5.32 Å². The first-order valence-corrected chi connectivity index (χ1v) is 5.87. The van der Waals surface area contributed by atoms with Crippen LogP contribution in [0, 0.1) is 11.7 Å². The second-order valence-electron chi connectivity index (χ2n) is 4.43. The minimum Gasteiger partial charge on any atom is -0.479 e. The van der Waals surface area contributed by atoms with Gasteiger partial charge in [0.05, 0.1) is 0 Å². The highest BCUT2D eigenvalue weighted by atomic mass is 19.1. The summed E-state index contributed by atoms with van der Waals surface area (Å²) in [4.78, 5) is 22.9. The molecule has 0 bridgehead atoms. The van der Waals surface area contributed by atoms with E-state index in [9.17, 15) is 14.0 Å². The number of amides is 1. The highest BCUT2D eigenvalue weighted by Gasteiger charge is 2.30. The number of aliphatic carboxylic acids is 1. The van der Waals surface area contributed by atoms with E-state index in [4.69, 9.17) is 5.11 Å². The van der Waals surface area contributed by atoms with Crippen molar-refractivity contribution in [3.05, 3.63) is 35.6 Å². The normalized spacial score (nSPS) is 16.7. The average molecular weight is 251 g/mol. The number of carboxylic acid groups (broad SMARTS) is 1. The molecule has 5 heteroatoms. The van der Waals surface area contributed by atoms with Crippen molar-refractivity contribution in [1.29, 1.82) is 0 Å². The molecule has 1 saturated carbocycles. The lowest BCUT2D eigenvalue weighted by molar-refractivity contribution is -0.143. The van der Waals surface area contributed by atoms with E-state index >= 15 is 0 Å². The van der Waals surface area contributed by atoms with E-state index in [1.165, 1.54) is 18.2 Å². The molecular formula is C13H14FNO3. The summed E-state index contributed by atoms with van der Waals surface area (Å²) in [6.45, 7) is 0. The zero-order valence-corrected chi connectivity index (χ0v) is 9.73. The number of halogens is 1. The van der Waals surface area contributed by atoms with Crippen LogP contribution in [0.15, 0.2) is 24.3 Å². The van der Waals surface area contributed by atoms with E-state index in [0.29, 0.717) is 0 Å². The van der Waals surface area contributed by atoms with Crippen LogP contribution in [-0.2, 0) is 9.59 Å². The summed E-state index contributed by atoms with van der Waals surface area (Å²) in [6.07, 6.45) is 2.53. The van der Waals surface area contributed by atoms with Gasteiger partial charge in [-0.25, -0.2) is 9.18 Å². The fraction of sp³-hybridized carbons (Fsp3) is 0.385. The van der Waals surface area contributed by atoms with Gasteiger partial charge in [-0.15, -0.1) is 0 Å². The van der Waals surface area contributed by atoms with Gasteiger partial charge in [0, 0.05) is 11.5 Å². The van der Waals surface area contributed by atoms with Crippen LogP contribution in [0.3, 0.4) is 0 Å². The van der Waals surface area contributed by atoms with Crippen LogP contribution in [0.25, 0.3) is 0 Å². The Balaban J connectivity index is 2.16. The summed E-state index contributed by atoms with van der Waals surface area (Å²) in [6, 6.07) is 4.25. The van der Waals surface area contributed by atoms with Crippen molar-refractivity contribution >= 4 is 11.9 Å². The summed E-state index contributed by atoms with van der Waals surface area (Å²) >= 11 is 0. The second-order valence-corrected chi connectivity index (χ2v) is 4.43. The van der Waals surface area contributed by atoms with Gasteiger partial charge in [-0.3, -0.25) is 4.79 Å². The quantitative estimate of drug-likeness (QED) is 0.858. The van der Waals surface area contributed by atoms with Gasteiger partial charge in [-0.1, -0.05) is 24.6 Å². The Hall–Kier alpha value is -1.91. The molecule has 2 rings (SSSR count). The van der Waals surface area contributed by atoms with Crippen LogP contribution in [0.2, 0.25) is 0 Å². The smallest absolute Gasteiger partial charge is 0.331 e. The number of carbonyl (C=O) groups is 2. The molecule has 1 atom stereocenters. The molecule has 1 aliphatic carbocycles. The number of carboxylic acids is 1. The molecule has 0 saturated heterocycles. The van der Waals surface area contributed by atoms with Gasteiger partial charge in [-0.2, -0.15) is 0 Å². The van der Waals surface area contributed by atoms with E-state index in [-0.39, 0.29) is 17.4 Å². The SMILES string of the molecule is O=C(NC(C(=O)O)c1ccccc1F)C1CCC1. The standard InChI is InChI=1S/C13H14FNO3/c14-10-7-2-1-6-9(10)11(13(17)18)15-12(16)8-4-3-5-8/h1-2,6-8,11H,3-5H2,(H,15,16)(H,17,18). The predicted molar refractivity (Wildman–Crippen MR) is 62.3 cm³/mol. The van der Waals surface area contributed by atoms with Crippen molar-refractivity contribution in [3.63, 3.8) is 0 Å². The molecule has 96 valence electrons. The van der Waals surface area contributed by atoms with Crippen LogP contribution in [-0.4, -0.2) is 17.0 Å². The van der Waals surface area contributed by atoms with Crippen LogP contribution in [0.5, 0.6) is 0 Å². The van der Waals surface area contributed by atoms with Gasteiger partial charge in [0.15, 0.2) is 6.04 Å². The molecule has 0 aliphatic heterocycles. The first-order valence-electron chi connectivity index (χ1n) is 5.87. The van der Waals surface area contributed by atoms with E-state index in [1.807, 2.05) is 0 Å². The molecule has 0 aromatic heterocycles. The molecule has 1 fully saturated rings. The second kappa shape index (κ2) is 5.16. The largest absolute Gasteiger partial charge is 0.479 e. The summed E-state index contributed by atoms with van der Waals surface area (Å²) < 4.78 is 13.5. The molecule has 4 nitrogen and oxygen atoms in total. The summed E-state index contributed by atoms with van der Waals surface area (Å²) in [7, 11) is 0. The molecule has 1 aromatic rings. The highest BCUT2D eigenvalue weighted by molar-refractivity contribution is 5.86. The topological polar surface area (TPSA) is 66.4 Å². The summed E-state index contributed by atoms with van der Waals surface area (Å²) in [5.41, 5.74) is -0.0160. The molecule has 1 amide bonds. The molecule has 0 heterocycles. The van der Waals surface area contributed by atoms with Gasteiger partial charge >= 0.3 is 5.97 Å². The van der Waals surface area contributed by atoms with E-state index < -0.39 is 17.8 Å². The minimum absolute atomic E-state index is 0.0160. The zero-order chi connectivity index (χ0) is 13.1. The first kappa shape index (κ1) is 12.5. The maximum atomic E-state index is 13.5. The van der Waals surface area contributed by atoms with Crippen molar-refractivity contribution < 1.29 is 19.1 Å². The Bertz CT molecular complexity index is 471. The third kappa shape index (κ3) is 2.50. The molecule has 1 aromatic carbocycles. The Kier molecular flexibility index (Phi) is 3.60. The average Bonchev–Trinajstić information content (AvgIpc) is 2.24. The molecule has 1 aliphatic rings. The Morgan fingerprint density at radius 1 is 1.33 bits per heavy atom. The van der Waals surface area contributed by atoms with Gasteiger partial charge in [-0.05, 0) is 18.9 Å². The van der Waals surface area contributed by atoms with Crippen molar-refractivity contribution in [3.8, 4) is 0 Å². The number of hydrogen-bond acceptors (Lipinski definition) is 2. The van der Waals surface area contributed by atoms with Gasteiger partial charge in [0.1, 0.15) is 5.82 Å². The number of rotatable bonds is 4. The maximum Gasteiger partial charge on any atom is 0.331 e. The van der Waals surface area contributed by atoms with Gasteiger partial charge in [0.25, 0.3) is 0 Å². The third-order valence-corrected chi connectivity index (χ3v) is 3.23. The molecule has 0 spiro atoms. The fourth-order valence-corrected chi connectivity index (χ4v) is 1.91. The Morgan fingerprint density at radius 3 is 2.50 bits per heavy atom. The fourth-order valence-electron chi connectivity index (χ4n) is 1.91. The lowest BCUT2D eigenvalue weighted by Gasteiger charge is -2.26. The van der Waals surface area contributed by atoms with E-state index in [2.05, 4.69) is 5.32 Å². The van der Waals surface area contributed by atoms with E-state index in [0.717, 1.165) is 19.3 Å². The summed E-state index contributed by atoms with van der Waals surface area (Å²) in [5.74, 6) is -2.32. The van der Waals surface area contributed by atoms with Crippen LogP contribution in [0.4, 0.5) is 4.39 Å². The number of hydrogen-bond donors (Lipinski definition) is 2. The Labute approximate surface area is 104 Å². The predicted octanol–water partition coefficient (Wildman–Crippen LogP) is 1.87. The summed E-state index contributed by atoms with van der Waals surface area (Å²) in [5, 5.41) is 11.5. The van der Waals surface area contributed by atoms with Crippen molar-refractivity contribution in [2.75, 3.05) is 0 Å². The van der Waals surface area contributed by atoms with Gasteiger partial charge in [0.2, 0.25) is 5.91 Å². The Morgan fingerprint density at radius 2 is 2.00 bits per heavy atom. The molecule has 1 unspecified atom stereocenters. The van der Waals surface area contributed by atoms with Crippen LogP contribution in [0.1, 0.15) is 30.9 Å². The zero-order valence-electron chi connectivity index (χ0n) is 9.73. The maximum absolute atomic E-state index is 13.5. The number of carbonyl (C=O) groups excluding carboxylic acids is 1.